The lowest BCUT2D eigenvalue weighted by atomic mass is 9.67. The van der Waals surface area contributed by atoms with Crippen molar-refractivity contribution in [2.24, 2.45) is 0 Å². The van der Waals surface area contributed by atoms with E-state index in [9.17, 15) is 0 Å². The first-order chi connectivity index (χ1) is 29.8. The second-order valence-corrected chi connectivity index (χ2v) is 16.6. The van der Waals surface area contributed by atoms with E-state index in [1.807, 2.05) is 0 Å². The van der Waals surface area contributed by atoms with Gasteiger partial charge in [-0.1, -0.05) is 189 Å². The molecule has 0 aromatic heterocycles. The van der Waals surface area contributed by atoms with Crippen molar-refractivity contribution in [1.29, 1.82) is 0 Å². The summed E-state index contributed by atoms with van der Waals surface area (Å²) in [7, 11) is 0. The Morgan fingerprint density at radius 1 is 0.367 bits per heavy atom. The van der Waals surface area contributed by atoms with Gasteiger partial charge in [0.25, 0.3) is 0 Å². The molecule has 0 amide bonds. The zero-order chi connectivity index (χ0) is 39.9. The molecular weight excluding hydrogens is 723 g/mol. The number of hydrogen-bond acceptors (Lipinski definition) is 1. The predicted octanol–water partition coefficient (Wildman–Crippen LogP) is 16.1. The van der Waals surface area contributed by atoms with Gasteiger partial charge in [0.05, 0.1) is 5.41 Å². The van der Waals surface area contributed by atoms with Crippen molar-refractivity contribution in [3.8, 4) is 33.4 Å². The van der Waals surface area contributed by atoms with E-state index < -0.39 is 5.41 Å². The van der Waals surface area contributed by atoms with Crippen LogP contribution in [0.5, 0.6) is 0 Å². The highest BCUT2D eigenvalue weighted by Crippen LogP contribution is 2.59. The molecule has 0 heterocycles. The third-order valence-electron chi connectivity index (χ3n) is 13.3. The van der Waals surface area contributed by atoms with Crippen LogP contribution in [0.25, 0.3) is 44.2 Å². The van der Waals surface area contributed by atoms with E-state index in [0.29, 0.717) is 5.92 Å². The lowest BCUT2D eigenvalue weighted by Gasteiger charge is -2.35. The van der Waals surface area contributed by atoms with Gasteiger partial charge in [0.1, 0.15) is 0 Å². The Bertz CT molecular complexity index is 2890. The van der Waals surface area contributed by atoms with Crippen LogP contribution in [-0.4, -0.2) is 0 Å². The van der Waals surface area contributed by atoms with Gasteiger partial charge in [-0.05, 0) is 139 Å². The summed E-state index contributed by atoms with van der Waals surface area (Å²) in [6, 6.07) is 81.3. The molecule has 1 fully saturated rings. The minimum Gasteiger partial charge on any atom is -0.310 e. The average Bonchev–Trinajstić information content (AvgIpc) is 3.63. The van der Waals surface area contributed by atoms with E-state index in [1.165, 1.54) is 104 Å². The minimum atomic E-state index is -0.482. The van der Waals surface area contributed by atoms with E-state index >= 15 is 0 Å². The zero-order valence-corrected chi connectivity index (χ0v) is 33.8. The van der Waals surface area contributed by atoms with Crippen molar-refractivity contribution in [3.63, 3.8) is 0 Å². The first kappa shape index (κ1) is 36.1. The summed E-state index contributed by atoms with van der Waals surface area (Å²) in [5.41, 5.74) is 17.5. The maximum atomic E-state index is 2.51. The van der Waals surface area contributed by atoms with Gasteiger partial charge in [-0.3, -0.25) is 0 Å². The fraction of sp³-hybridized carbons (Fsp3) is 0.119. The third-order valence-corrected chi connectivity index (χ3v) is 13.3. The quantitative estimate of drug-likeness (QED) is 0.149. The van der Waals surface area contributed by atoms with Crippen molar-refractivity contribution in [3.05, 3.63) is 246 Å². The lowest BCUT2D eigenvalue weighted by Crippen LogP contribution is -2.29. The van der Waals surface area contributed by atoms with E-state index in [-0.39, 0.29) is 0 Å². The summed E-state index contributed by atoms with van der Waals surface area (Å²) in [5, 5.41) is 2.49. The Kier molecular flexibility index (Phi) is 9.23. The molecule has 0 saturated heterocycles. The standard InChI is InChI=1S/C59H47N/c1-6-19-42(20-7-1)52-31-18-32-56-58(52)53-38-37-51(41-57(53)59(56,47-25-10-3-11-26-47)48-27-12-4-13-28-48)60(49-29-14-5-15-30-49)50-35-33-44(34-36-50)55-40-46-24-17-16-23-45(46)39-54(55)43-21-8-2-9-22-43/h2-5,8-18,21-42H,1,6-7,19-20H2. The Labute approximate surface area is 354 Å². The molecule has 1 nitrogen and oxygen atoms in total. The van der Waals surface area contributed by atoms with Crippen molar-refractivity contribution in [1.82, 2.24) is 0 Å². The number of para-hydroxylation sites is 1. The maximum absolute atomic E-state index is 2.51. The fourth-order valence-corrected chi connectivity index (χ4v) is 10.6. The smallest absolute Gasteiger partial charge is 0.0714 e. The van der Waals surface area contributed by atoms with Crippen LogP contribution in [0.1, 0.15) is 65.8 Å². The van der Waals surface area contributed by atoms with Crippen LogP contribution in [0.15, 0.2) is 218 Å². The van der Waals surface area contributed by atoms with E-state index in [2.05, 4.69) is 223 Å². The highest BCUT2D eigenvalue weighted by molar-refractivity contribution is 5.97. The summed E-state index contributed by atoms with van der Waals surface area (Å²) < 4.78 is 0. The molecule has 9 aromatic rings. The molecule has 60 heavy (non-hydrogen) atoms. The number of benzene rings is 9. The van der Waals surface area contributed by atoms with Gasteiger partial charge < -0.3 is 4.90 Å². The van der Waals surface area contributed by atoms with Gasteiger partial charge in [-0.2, -0.15) is 0 Å². The number of anilines is 3. The normalized spacial score (nSPS) is 14.4. The van der Waals surface area contributed by atoms with E-state index in [4.69, 9.17) is 0 Å². The molecule has 2 aliphatic rings. The highest BCUT2D eigenvalue weighted by atomic mass is 15.1. The van der Waals surface area contributed by atoms with Crippen LogP contribution < -0.4 is 4.90 Å². The van der Waals surface area contributed by atoms with Gasteiger partial charge >= 0.3 is 0 Å². The summed E-state index contributed by atoms with van der Waals surface area (Å²) in [6.45, 7) is 0. The van der Waals surface area contributed by atoms with Gasteiger partial charge in [0, 0.05) is 17.1 Å². The van der Waals surface area contributed by atoms with E-state index in [1.54, 1.807) is 0 Å². The largest absolute Gasteiger partial charge is 0.310 e. The predicted molar refractivity (Wildman–Crippen MR) is 253 cm³/mol. The molecular formula is C59H47N. The molecule has 0 N–H and O–H groups in total. The molecule has 0 spiro atoms. The monoisotopic (exact) mass is 769 g/mol. The second kappa shape index (κ2) is 15.3. The average molecular weight is 770 g/mol. The topological polar surface area (TPSA) is 3.24 Å². The molecule has 0 radical (unpaired) electrons. The van der Waals surface area contributed by atoms with Gasteiger partial charge in [0.15, 0.2) is 0 Å². The SMILES string of the molecule is c1ccc(-c2cc3ccccc3cc2-c2ccc(N(c3ccccc3)c3ccc4c(c3)C(c3ccccc3)(c3ccccc3)c3cccc(C5CCCCC5)c3-4)cc2)cc1. The van der Waals surface area contributed by atoms with Crippen LogP contribution in [0.4, 0.5) is 17.1 Å². The fourth-order valence-electron chi connectivity index (χ4n) is 10.6. The minimum absolute atomic E-state index is 0.482. The van der Waals surface area contributed by atoms with Gasteiger partial charge in [0.2, 0.25) is 0 Å². The van der Waals surface area contributed by atoms with Crippen molar-refractivity contribution in [2.75, 3.05) is 4.90 Å². The molecule has 2 aliphatic carbocycles. The van der Waals surface area contributed by atoms with Crippen molar-refractivity contribution < 1.29 is 0 Å². The second-order valence-electron chi connectivity index (χ2n) is 16.6. The summed E-state index contributed by atoms with van der Waals surface area (Å²) in [5.74, 6) is 0.577. The molecule has 288 valence electrons. The first-order valence-electron chi connectivity index (χ1n) is 21.7. The Morgan fingerprint density at radius 3 is 1.50 bits per heavy atom. The Hall–Kier alpha value is -6.96. The van der Waals surface area contributed by atoms with Crippen LogP contribution in [0, 0.1) is 0 Å². The van der Waals surface area contributed by atoms with Crippen molar-refractivity contribution >= 4 is 27.8 Å². The molecule has 0 bridgehead atoms. The van der Waals surface area contributed by atoms with Crippen LogP contribution >= 0.6 is 0 Å². The molecule has 0 unspecified atom stereocenters. The van der Waals surface area contributed by atoms with Gasteiger partial charge in [-0.25, -0.2) is 0 Å². The van der Waals surface area contributed by atoms with Crippen LogP contribution in [0.3, 0.4) is 0 Å². The zero-order valence-electron chi connectivity index (χ0n) is 33.8. The molecule has 9 aromatic carbocycles. The number of hydrogen-bond donors (Lipinski definition) is 0. The molecule has 11 rings (SSSR count). The molecule has 0 atom stereocenters. The van der Waals surface area contributed by atoms with Crippen LogP contribution in [-0.2, 0) is 5.41 Å². The number of rotatable bonds is 8. The van der Waals surface area contributed by atoms with Crippen LogP contribution in [0.2, 0.25) is 0 Å². The maximum Gasteiger partial charge on any atom is 0.0714 e. The first-order valence-corrected chi connectivity index (χ1v) is 21.7. The van der Waals surface area contributed by atoms with E-state index in [0.717, 1.165) is 17.1 Å². The third kappa shape index (κ3) is 6.08. The summed E-state index contributed by atoms with van der Waals surface area (Å²) in [6.07, 6.45) is 6.48. The van der Waals surface area contributed by atoms with Gasteiger partial charge in [-0.15, -0.1) is 0 Å². The lowest BCUT2D eigenvalue weighted by molar-refractivity contribution is 0.444. The number of fused-ring (bicyclic) bond motifs is 4. The summed E-state index contributed by atoms with van der Waals surface area (Å²) >= 11 is 0. The summed E-state index contributed by atoms with van der Waals surface area (Å²) in [4.78, 5) is 2.44. The molecule has 0 aliphatic heterocycles. The molecule has 1 saturated carbocycles. The van der Waals surface area contributed by atoms with Crippen molar-refractivity contribution in [2.45, 2.75) is 43.4 Å². The Morgan fingerprint density at radius 2 is 0.883 bits per heavy atom. The highest BCUT2D eigenvalue weighted by Gasteiger charge is 2.47. The number of nitrogens with zero attached hydrogens (tertiary/aromatic N) is 1. The Balaban J connectivity index is 1.11. The molecule has 1 heteroatoms.